The van der Waals surface area contributed by atoms with Gasteiger partial charge in [0.25, 0.3) is 6.08 Å². The van der Waals surface area contributed by atoms with E-state index in [-0.39, 0.29) is 28.3 Å². The Labute approximate surface area is 324 Å². The molecule has 2 aliphatic heterocycles. The number of hydrogen-bond donors (Lipinski definition) is 1. The van der Waals surface area contributed by atoms with Crippen molar-refractivity contribution in [3.8, 4) is 0 Å². The highest BCUT2D eigenvalue weighted by molar-refractivity contribution is 6.33. The molecule has 55 heavy (non-hydrogen) atoms. The zero-order valence-electron chi connectivity index (χ0n) is 33.0. The lowest BCUT2D eigenvalue weighted by molar-refractivity contribution is -0.223. The summed E-state index contributed by atoms with van der Waals surface area (Å²) < 4.78 is 57.6. The maximum absolute atomic E-state index is 14.9. The molecule has 0 radical (unpaired) electrons. The number of benzene rings is 1. The fourth-order valence-corrected chi connectivity index (χ4v) is 8.62. The molecular weight excluding hydrogens is 746 g/mol. The van der Waals surface area contributed by atoms with Crippen LogP contribution in [0.15, 0.2) is 41.5 Å². The van der Waals surface area contributed by atoms with E-state index >= 15 is 0 Å². The second kappa shape index (κ2) is 14.8. The second-order valence-electron chi connectivity index (χ2n) is 16.9. The number of hydrogen-bond acceptors (Lipinski definition) is 12. The third kappa shape index (κ3) is 7.89. The standard InChI is InChI=1S/C39H51ClF2N2O11/c1-19-17-25-23(21(3)31(41)42)16-15-20(2)39(25,49)30(29(19)50-22(4)45)51-32(46)27-18-38(54-35(48)53-37(8,9)10)24-13-12-14-26(40)28(24)43(11)55-33(38)44(27)34(47)52-36(5,6)7/h12-14,17,20,23,25,27,29-30,33,49H,15-16,18H2,1-11H3/t20-,23-,25-,27-,29+,30+,33+,38+,39-/m0/s1. The number of amides is 1. The number of carbonyl (C=O) groups is 4. The van der Waals surface area contributed by atoms with Gasteiger partial charge in [0.1, 0.15) is 22.8 Å². The summed E-state index contributed by atoms with van der Waals surface area (Å²) >= 11 is 6.65. The topological polar surface area (TPSA) is 150 Å². The zero-order chi connectivity index (χ0) is 41.2. The SMILES string of the molecule is CC(=O)O[C@@H]1C(C)=C[C@H]2[C@H](C(C)=C(F)F)CC[C@H](C)[C@@]2(O)[C@@H]1OC(=O)[C@@H]1C[C@@]2(OC(=O)OC(C)(C)C)c3cccc(Cl)c3N(C)O[C@H]2N1C(=O)OC(C)(C)C. The molecular formula is C39H51ClF2N2O11. The summed E-state index contributed by atoms with van der Waals surface area (Å²) in [6.45, 7) is 15.5. The second-order valence-corrected chi connectivity index (χ2v) is 17.3. The average molecular weight is 797 g/mol. The van der Waals surface area contributed by atoms with Crippen LogP contribution in [0.1, 0.15) is 94.1 Å². The number of esters is 2. The van der Waals surface area contributed by atoms with E-state index in [0.29, 0.717) is 12.0 Å². The predicted octanol–water partition coefficient (Wildman–Crippen LogP) is 7.57. The van der Waals surface area contributed by atoms with Crippen molar-refractivity contribution >= 4 is 41.5 Å². The van der Waals surface area contributed by atoms with E-state index in [1.807, 2.05) is 0 Å². The van der Waals surface area contributed by atoms with Crippen molar-refractivity contribution in [3.63, 3.8) is 0 Å². The number of nitrogens with zero attached hydrogens (tertiary/aromatic N) is 2. The predicted molar refractivity (Wildman–Crippen MR) is 195 cm³/mol. The van der Waals surface area contributed by atoms with Crippen molar-refractivity contribution in [1.29, 1.82) is 0 Å². The van der Waals surface area contributed by atoms with E-state index in [0.717, 1.165) is 11.8 Å². The summed E-state index contributed by atoms with van der Waals surface area (Å²) in [5.41, 5.74) is -5.33. The molecule has 2 heterocycles. The third-order valence-corrected chi connectivity index (χ3v) is 11.0. The molecule has 5 rings (SSSR count). The fraction of sp³-hybridized carbons (Fsp3) is 0.641. The lowest BCUT2D eigenvalue weighted by Gasteiger charge is -2.55. The first kappa shape index (κ1) is 42.2. The summed E-state index contributed by atoms with van der Waals surface area (Å²) in [4.78, 5) is 62.4. The van der Waals surface area contributed by atoms with Crippen LogP contribution in [0.3, 0.4) is 0 Å². The molecule has 4 aliphatic rings. The Bertz CT molecular complexity index is 1790. The van der Waals surface area contributed by atoms with Gasteiger partial charge < -0.3 is 28.8 Å². The number of carbonyl (C=O) groups excluding carboxylic acids is 4. The van der Waals surface area contributed by atoms with Crippen molar-refractivity contribution in [3.05, 3.63) is 52.1 Å². The number of fused-ring (bicyclic) bond motifs is 4. The van der Waals surface area contributed by atoms with Gasteiger partial charge in [-0.15, -0.1) is 0 Å². The summed E-state index contributed by atoms with van der Waals surface area (Å²) in [6.07, 6.45) is -6.84. The monoisotopic (exact) mass is 796 g/mol. The molecule has 0 bridgehead atoms. The number of hydroxylamine groups is 1. The first-order valence-corrected chi connectivity index (χ1v) is 18.6. The Balaban J connectivity index is 1.67. The van der Waals surface area contributed by atoms with Crippen LogP contribution in [0.25, 0.3) is 0 Å². The minimum Gasteiger partial charge on any atom is -0.454 e. The van der Waals surface area contributed by atoms with Crippen LogP contribution in [0.4, 0.5) is 24.1 Å². The van der Waals surface area contributed by atoms with E-state index in [2.05, 4.69) is 0 Å². The Morgan fingerprint density at radius 3 is 2.22 bits per heavy atom. The smallest absolute Gasteiger partial charge is 0.454 e. The summed E-state index contributed by atoms with van der Waals surface area (Å²) in [5, 5.41) is 14.2. The fourth-order valence-electron chi connectivity index (χ4n) is 8.32. The van der Waals surface area contributed by atoms with Gasteiger partial charge >= 0.3 is 24.2 Å². The Kier molecular flexibility index (Phi) is 11.4. The normalized spacial score (nSPS) is 31.5. The molecule has 1 aromatic rings. The van der Waals surface area contributed by atoms with E-state index < -0.39 is 101 Å². The van der Waals surface area contributed by atoms with Crippen molar-refractivity contribution < 1.29 is 61.6 Å². The molecule has 0 unspecified atom stereocenters. The molecule has 13 nitrogen and oxygen atoms in total. The Morgan fingerprint density at radius 2 is 1.64 bits per heavy atom. The van der Waals surface area contributed by atoms with Crippen LogP contribution < -0.4 is 5.06 Å². The van der Waals surface area contributed by atoms with Crippen molar-refractivity contribution in [2.75, 3.05) is 12.1 Å². The largest absolute Gasteiger partial charge is 0.509 e. The lowest BCUT2D eigenvalue weighted by atomic mass is 9.56. The Hall–Kier alpha value is -3.95. The summed E-state index contributed by atoms with van der Waals surface area (Å²) in [6, 6.07) is 3.17. The molecule has 0 aromatic heterocycles. The minimum absolute atomic E-state index is 0.206. The third-order valence-electron chi connectivity index (χ3n) is 10.7. The number of ether oxygens (including phenoxy) is 5. The summed E-state index contributed by atoms with van der Waals surface area (Å²) in [7, 11) is 1.52. The molecule has 1 saturated carbocycles. The first-order chi connectivity index (χ1) is 25.3. The number of rotatable bonds is 5. The van der Waals surface area contributed by atoms with Crippen LogP contribution in [-0.2, 0) is 43.7 Å². The lowest BCUT2D eigenvalue weighted by Crippen LogP contribution is -2.66. The molecule has 1 saturated heterocycles. The van der Waals surface area contributed by atoms with Gasteiger partial charge in [0.15, 0.2) is 17.8 Å². The number of allylic oxidation sites excluding steroid dienone is 1. The number of para-hydroxylation sites is 1. The van der Waals surface area contributed by atoms with Crippen LogP contribution in [0, 0.1) is 17.8 Å². The van der Waals surface area contributed by atoms with Crippen molar-refractivity contribution in [2.45, 2.75) is 135 Å². The molecule has 1 aromatic carbocycles. The molecule has 9 atom stereocenters. The van der Waals surface area contributed by atoms with Gasteiger partial charge in [-0.05, 0) is 97.3 Å². The van der Waals surface area contributed by atoms with E-state index in [9.17, 15) is 33.1 Å². The molecule has 1 N–H and O–H groups in total. The molecule has 304 valence electrons. The van der Waals surface area contributed by atoms with Crippen LogP contribution in [0.2, 0.25) is 5.02 Å². The summed E-state index contributed by atoms with van der Waals surface area (Å²) in [5.74, 6) is -4.29. The van der Waals surface area contributed by atoms with Crippen molar-refractivity contribution in [2.24, 2.45) is 17.8 Å². The molecule has 2 fully saturated rings. The minimum atomic E-state index is -2.02. The van der Waals surface area contributed by atoms with E-state index in [4.69, 9.17) is 40.1 Å². The van der Waals surface area contributed by atoms with Gasteiger partial charge in [0, 0.05) is 31.9 Å². The first-order valence-electron chi connectivity index (χ1n) is 18.2. The number of halogens is 3. The van der Waals surface area contributed by atoms with Gasteiger partial charge in [-0.3, -0.25) is 14.8 Å². The maximum Gasteiger partial charge on any atom is 0.509 e. The molecule has 0 spiro atoms. The van der Waals surface area contributed by atoms with Crippen LogP contribution >= 0.6 is 11.6 Å². The molecule has 2 aliphatic carbocycles. The maximum atomic E-state index is 14.9. The van der Waals surface area contributed by atoms with Crippen LogP contribution in [-0.4, -0.2) is 82.5 Å². The quantitative estimate of drug-likeness (QED) is 0.178. The highest BCUT2D eigenvalue weighted by atomic mass is 35.5. The number of anilines is 1. The number of likely N-dealkylation sites (tertiary alicyclic amines) is 1. The highest BCUT2D eigenvalue weighted by Crippen LogP contribution is 2.56. The average Bonchev–Trinajstić information content (AvgIpc) is 3.37. The molecule has 16 heteroatoms. The zero-order valence-corrected chi connectivity index (χ0v) is 33.8. The van der Waals surface area contributed by atoms with Gasteiger partial charge in [-0.25, -0.2) is 19.2 Å². The molecule has 1 amide bonds. The van der Waals surface area contributed by atoms with Crippen LogP contribution in [0.5, 0.6) is 0 Å². The highest BCUT2D eigenvalue weighted by Gasteiger charge is 2.67. The van der Waals surface area contributed by atoms with E-state index in [1.54, 1.807) is 79.7 Å². The van der Waals surface area contributed by atoms with Gasteiger partial charge in [-0.2, -0.15) is 8.78 Å². The van der Waals surface area contributed by atoms with Gasteiger partial charge in [0.05, 0.1) is 10.7 Å². The van der Waals surface area contributed by atoms with Gasteiger partial charge in [0.2, 0.25) is 6.23 Å². The van der Waals surface area contributed by atoms with E-state index in [1.165, 1.54) is 19.0 Å². The Morgan fingerprint density at radius 1 is 1.00 bits per heavy atom. The van der Waals surface area contributed by atoms with Gasteiger partial charge in [-0.1, -0.05) is 36.7 Å². The van der Waals surface area contributed by atoms with Crippen molar-refractivity contribution in [1.82, 2.24) is 4.90 Å². The number of aliphatic hydroxyl groups is 1.